The number of hydrogen-bond donors (Lipinski definition) is 1. The second-order valence-electron chi connectivity index (χ2n) is 5.35. The first-order chi connectivity index (χ1) is 10.5. The minimum Gasteiger partial charge on any atom is -0.463 e. The van der Waals surface area contributed by atoms with Crippen LogP contribution >= 0.6 is 0 Å². The molecule has 0 bridgehead atoms. The predicted molar refractivity (Wildman–Crippen MR) is 84.9 cm³/mol. The molecule has 0 atom stereocenters. The normalized spacial score (nSPS) is 10.7. The van der Waals surface area contributed by atoms with Gasteiger partial charge in [-0.25, -0.2) is 0 Å². The molecule has 0 aliphatic carbocycles. The zero-order valence-electron chi connectivity index (χ0n) is 12.8. The summed E-state index contributed by atoms with van der Waals surface area (Å²) in [7, 11) is 1.75. The van der Waals surface area contributed by atoms with Crippen molar-refractivity contribution in [3.63, 3.8) is 0 Å². The zero-order chi connectivity index (χ0) is 15.7. The molecule has 5 nitrogen and oxygen atoms in total. The van der Waals surface area contributed by atoms with Crippen molar-refractivity contribution in [2.45, 2.75) is 13.8 Å². The van der Waals surface area contributed by atoms with Gasteiger partial charge in [0, 0.05) is 18.8 Å². The number of anilines is 1. The Morgan fingerprint density at radius 2 is 1.91 bits per heavy atom. The number of rotatable bonds is 3. The number of aromatic amines is 1. The maximum atomic E-state index is 12.6. The van der Waals surface area contributed by atoms with Crippen LogP contribution in [0.2, 0.25) is 0 Å². The highest BCUT2D eigenvalue weighted by Crippen LogP contribution is 2.21. The fraction of sp³-hybridized carbons (Fsp3) is 0.176. The minimum absolute atomic E-state index is 0.168. The highest BCUT2D eigenvalue weighted by atomic mass is 16.3. The van der Waals surface area contributed by atoms with Gasteiger partial charge in [-0.1, -0.05) is 6.07 Å². The van der Waals surface area contributed by atoms with E-state index in [-0.39, 0.29) is 5.91 Å². The van der Waals surface area contributed by atoms with E-state index in [0.29, 0.717) is 17.1 Å². The number of aromatic nitrogens is 2. The molecule has 0 fully saturated rings. The Morgan fingerprint density at radius 1 is 1.18 bits per heavy atom. The maximum Gasteiger partial charge on any atom is 0.278 e. The van der Waals surface area contributed by atoms with Gasteiger partial charge >= 0.3 is 0 Å². The first kappa shape index (κ1) is 14.1. The van der Waals surface area contributed by atoms with Gasteiger partial charge in [0.05, 0.1) is 6.26 Å². The number of aryl methyl sites for hydroxylation is 2. The molecule has 1 N–H and O–H groups in total. The topological polar surface area (TPSA) is 62.1 Å². The van der Waals surface area contributed by atoms with Crippen LogP contribution < -0.4 is 4.90 Å². The second kappa shape index (κ2) is 5.52. The fourth-order valence-electron chi connectivity index (χ4n) is 2.42. The van der Waals surface area contributed by atoms with E-state index in [1.807, 2.05) is 32.0 Å². The van der Waals surface area contributed by atoms with E-state index in [1.54, 1.807) is 30.3 Å². The Bertz CT molecular complexity index is 783. The van der Waals surface area contributed by atoms with Crippen LogP contribution in [-0.2, 0) is 0 Å². The fourth-order valence-corrected chi connectivity index (χ4v) is 2.42. The molecule has 112 valence electrons. The Hall–Kier alpha value is -2.82. The molecule has 0 radical (unpaired) electrons. The summed E-state index contributed by atoms with van der Waals surface area (Å²) in [6, 6.07) is 11.3. The van der Waals surface area contributed by atoms with Crippen LogP contribution in [0, 0.1) is 13.8 Å². The van der Waals surface area contributed by atoms with Gasteiger partial charge in [-0.05, 0) is 49.2 Å². The first-order valence-electron chi connectivity index (χ1n) is 7.00. The lowest BCUT2D eigenvalue weighted by atomic mass is 10.1. The predicted octanol–water partition coefficient (Wildman–Crippen LogP) is 3.56. The third kappa shape index (κ3) is 2.65. The van der Waals surface area contributed by atoms with Gasteiger partial charge in [0.25, 0.3) is 5.91 Å². The number of furan rings is 1. The molecule has 1 aromatic carbocycles. The number of H-pyrrole nitrogens is 1. The molecule has 1 amide bonds. The highest BCUT2D eigenvalue weighted by molar-refractivity contribution is 6.04. The Balaban J connectivity index is 1.87. The highest BCUT2D eigenvalue weighted by Gasteiger charge is 2.18. The SMILES string of the molecule is Cc1cc(C)cc(N(C)C(=O)c2cc(-c3ccco3)[nH]n2)c1. The molecule has 0 spiro atoms. The molecule has 0 aliphatic rings. The summed E-state index contributed by atoms with van der Waals surface area (Å²) < 4.78 is 5.29. The number of amides is 1. The number of nitrogens with one attached hydrogen (secondary N) is 1. The second-order valence-corrected chi connectivity index (χ2v) is 5.35. The van der Waals surface area contributed by atoms with Crippen LogP contribution in [0.3, 0.4) is 0 Å². The summed E-state index contributed by atoms with van der Waals surface area (Å²) in [5.74, 6) is 0.486. The largest absolute Gasteiger partial charge is 0.463 e. The quantitative estimate of drug-likeness (QED) is 0.803. The summed E-state index contributed by atoms with van der Waals surface area (Å²) in [4.78, 5) is 14.2. The van der Waals surface area contributed by atoms with Crippen molar-refractivity contribution in [2.75, 3.05) is 11.9 Å². The van der Waals surface area contributed by atoms with Crippen molar-refractivity contribution < 1.29 is 9.21 Å². The van der Waals surface area contributed by atoms with Crippen molar-refractivity contribution in [1.82, 2.24) is 10.2 Å². The van der Waals surface area contributed by atoms with Crippen LogP contribution in [0.15, 0.2) is 47.1 Å². The molecule has 2 heterocycles. The summed E-state index contributed by atoms with van der Waals surface area (Å²) in [5.41, 5.74) is 4.13. The van der Waals surface area contributed by atoms with E-state index in [9.17, 15) is 4.79 Å². The van der Waals surface area contributed by atoms with Gasteiger partial charge < -0.3 is 9.32 Å². The summed E-state index contributed by atoms with van der Waals surface area (Å²) >= 11 is 0. The average molecular weight is 295 g/mol. The maximum absolute atomic E-state index is 12.6. The van der Waals surface area contributed by atoms with Gasteiger partial charge in [-0.15, -0.1) is 0 Å². The summed E-state index contributed by atoms with van der Waals surface area (Å²) in [6.07, 6.45) is 1.58. The van der Waals surface area contributed by atoms with Crippen molar-refractivity contribution in [3.8, 4) is 11.5 Å². The smallest absolute Gasteiger partial charge is 0.278 e. The lowest BCUT2D eigenvalue weighted by molar-refractivity contribution is 0.0988. The molecule has 22 heavy (non-hydrogen) atoms. The number of hydrogen-bond acceptors (Lipinski definition) is 3. The number of carbonyl (C=O) groups excluding carboxylic acids is 1. The molecule has 3 aromatic rings. The lowest BCUT2D eigenvalue weighted by Crippen LogP contribution is -2.26. The van der Waals surface area contributed by atoms with E-state index >= 15 is 0 Å². The van der Waals surface area contributed by atoms with Crippen LogP contribution in [0.4, 0.5) is 5.69 Å². The van der Waals surface area contributed by atoms with E-state index in [0.717, 1.165) is 16.8 Å². The third-order valence-corrected chi connectivity index (χ3v) is 3.48. The van der Waals surface area contributed by atoms with Crippen molar-refractivity contribution in [1.29, 1.82) is 0 Å². The number of carbonyl (C=O) groups is 1. The summed E-state index contributed by atoms with van der Waals surface area (Å²) in [6.45, 7) is 4.02. The zero-order valence-corrected chi connectivity index (χ0v) is 12.8. The molecule has 0 saturated carbocycles. The third-order valence-electron chi connectivity index (χ3n) is 3.48. The van der Waals surface area contributed by atoms with E-state index in [2.05, 4.69) is 16.3 Å². The van der Waals surface area contributed by atoms with Crippen molar-refractivity contribution in [2.24, 2.45) is 0 Å². The average Bonchev–Trinajstić information content (AvgIpc) is 3.15. The standard InChI is InChI=1S/C17H17N3O2/c1-11-7-12(2)9-13(8-11)20(3)17(21)15-10-14(18-19-15)16-5-4-6-22-16/h4-10H,1-3H3,(H,18,19). The Morgan fingerprint density at radius 3 is 2.55 bits per heavy atom. The molecular formula is C17H17N3O2. The monoisotopic (exact) mass is 295 g/mol. The van der Waals surface area contributed by atoms with Crippen molar-refractivity contribution in [3.05, 3.63) is 59.5 Å². The number of benzene rings is 1. The first-order valence-corrected chi connectivity index (χ1v) is 7.00. The molecule has 2 aromatic heterocycles. The van der Waals surface area contributed by atoms with Gasteiger partial charge in [0.1, 0.15) is 5.69 Å². The molecule has 0 unspecified atom stereocenters. The molecule has 0 saturated heterocycles. The Kier molecular flexibility index (Phi) is 3.55. The summed E-state index contributed by atoms with van der Waals surface area (Å²) in [5, 5.41) is 6.91. The molecule has 3 rings (SSSR count). The van der Waals surface area contributed by atoms with E-state index in [1.165, 1.54) is 0 Å². The molecular weight excluding hydrogens is 278 g/mol. The van der Waals surface area contributed by atoms with Crippen LogP contribution in [0.5, 0.6) is 0 Å². The van der Waals surface area contributed by atoms with Gasteiger partial charge in [-0.3, -0.25) is 9.89 Å². The van der Waals surface area contributed by atoms with E-state index in [4.69, 9.17) is 4.42 Å². The van der Waals surface area contributed by atoms with Crippen LogP contribution in [0.1, 0.15) is 21.6 Å². The lowest BCUT2D eigenvalue weighted by Gasteiger charge is -2.17. The van der Waals surface area contributed by atoms with Gasteiger partial charge in [-0.2, -0.15) is 5.10 Å². The van der Waals surface area contributed by atoms with Crippen LogP contribution in [-0.4, -0.2) is 23.2 Å². The van der Waals surface area contributed by atoms with Crippen LogP contribution in [0.25, 0.3) is 11.5 Å². The molecule has 5 heteroatoms. The van der Waals surface area contributed by atoms with E-state index < -0.39 is 0 Å². The van der Waals surface area contributed by atoms with Crippen molar-refractivity contribution >= 4 is 11.6 Å². The number of nitrogens with zero attached hydrogens (tertiary/aromatic N) is 2. The molecule has 0 aliphatic heterocycles. The Labute approximate surface area is 128 Å². The van der Waals surface area contributed by atoms with Gasteiger partial charge in [0.15, 0.2) is 11.5 Å². The minimum atomic E-state index is -0.168. The van der Waals surface area contributed by atoms with Gasteiger partial charge in [0.2, 0.25) is 0 Å².